The summed E-state index contributed by atoms with van der Waals surface area (Å²) in [6.07, 6.45) is 0. The fourth-order valence-electron chi connectivity index (χ4n) is 2.33. The molecule has 0 unspecified atom stereocenters. The largest absolute Gasteiger partial charge is 0.337 e. The van der Waals surface area contributed by atoms with E-state index in [1.165, 1.54) is 6.92 Å². The van der Waals surface area contributed by atoms with Crippen LogP contribution in [0, 0.1) is 6.92 Å². The molecule has 0 aromatic heterocycles. The molecule has 0 aliphatic carbocycles. The zero-order valence-corrected chi connectivity index (χ0v) is 14.7. The second-order valence-corrected chi connectivity index (χ2v) is 7.41. The summed E-state index contributed by atoms with van der Waals surface area (Å²) in [6.45, 7) is 4.27. The first-order valence-corrected chi connectivity index (χ1v) is 9.22. The summed E-state index contributed by atoms with van der Waals surface area (Å²) in [5.41, 5.74) is 1.89. The van der Waals surface area contributed by atoms with Gasteiger partial charge in [-0.2, -0.15) is 0 Å². The van der Waals surface area contributed by atoms with Crippen LogP contribution in [-0.4, -0.2) is 32.3 Å². The summed E-state index contributed by atoms with van der Waals surface area (Å²) >= 11 is 0. The monoisotopic (exact) mass is 346 g/mol. The summed E-state index contributed by atoms with van der Waals surface area (Å²) in [5.74, 6) is -0.0893. The smallest absolute Gasteiger partial charge is 0.240 e. The van der Waals surface area contributed by atoms with Crippen LogP contribution in [0.4, 0.5) is 0 Å². The van der Waals surface area contributed by atoms with Crippen LogP contribution in [0.5, 0.6) is 0 Å². The highest BCUT2D eigenvalue weighted by molar-refractivity contribution is 7.89. The average Bonchev–Trinajstić information content (AvgIpc) is 2.54. The van der Waals surface area contributed by atoms with E-state index in [-0.39, 0.29) is 17.3 Å². The zero-order chi connectivity index (χ0) is 17.6. The molecular formula is C18H22N2O3S. The Morgan fingerprint density at radius 3 is 2.42 bits per heavy atom. The van der Waals surface area contributed by atoms with Crippen LogP contribution in [0.2, 0.25) is 0 Å². The fourth-order valence-corrected chi connectivity index (χ4v) is 3.46. The minimum atomic E-state index is -3.56. The van der Waals surface area contributed by atoms with Gasteiger partial charge in [0.15, 0.2) is 0 Å². The predicted molar refractivity (Wildman–Crippen MR) is 93.9 cm³/mol. The van der Waals surface area contributed by atoms with E-state index in [9.17, 15) is 13.2 Å². The molecule has 128 valence electrons. The van der Waals surface area contributed by atoms with Gasteiger partial charge in [0.2, 0.25) is 15.9 Å². The van der Waals surface area contributed by atoms with Gasteiger partial charge in [0.25, 0.3) is 0 Å². The first kappa shape index (κ1) is 18.2. The number of benzene rings is 2. The third kappa shape index (κ3) is 5.18. The van der Waals surface area contributed by atoms with Crippen molar-refractivity contribution >= 4 is 15.9 Å². The lowest BCUT2D eigenvalue weighted by Gasteiger charge is -2.21. The molecule has 0 saturated carbocycles. The van der Waals surface area contributed by atoms with Gasteiger partial charge in [-0.25, -0.2) is 13.1 Å². The lowest BCUT2D eigenvalue weighted by molar-refractivity contribution is -0.129. The third-order valence-electron chi connectivity index (χ3n) is 3.64. The van der Waals surface area contributed by atoms with Crippen LogP contribution in [0.1, 0.15) is 18.1 Å². The highest BCUT2D eigenvalue weighted by Gasteiger charge is 2.15. The van der Waals surface area contributed by atoms with E-state index in [0.29, 0.717) is 13.1 Å². The van der Waals surface area contributed by atoms with Gasteiger partial charge in [-0.1, -0.05) is 42.5 Å². The van der Waals surface area contributed by atoms with E-state index >= 15 is 0 Å². The first-order valence-electron chi connectivity index (χ1n) is 7.74. The molecule has 0 atom stereocenters. The van der Waals surface area contributed by atoms with Crippen LogP contribution < -0.4 is 4.72 Å². The number of hydrogen-bond acceptors (Lipinski definition) is 3. The quantitative estimate of drug-likeness (QED) is 0.837. The summed E-state index contributed by atoms with van der Waals surface area (Å²) in [7, 11) is -3.56. The minimum Gasteiger partial charge on any atom is -0.337 e. The minimum absolute atomic E-state index is 0.0893. The standard InChI is InChI=1S/C18H22N2O3S/c1-15-7-6-10-18(13-15)24(22,23)19-11-12-20(16(2)21)14-17-8-4-3-5-9-17/h3-10,13,19H,11-12,14H2,1-2H3. The van der Waals surface area contributed by atoms with E-state index in [1.54, 1.807) is 23.1 Å². The maximum atomic E-state index is 12.3. The number of amides is 1. The second kappa shape index (κ2) is 8.08. The lowest BCUT2D eigenvalue weighted by Crippen LogP contribution is -2.37. The molecule has 0 radical (unpaired) electrons. The molecule has 0 fully saturated rings. The molecule has 1 amide bonds. The average molecular weight is 346 g/mol. The summed E-state index contributed by atoms with van der Waals surface area (Å²) in [4.78, 5) is 13.6. The van der Waals surface area contributed by atoms with E-state index in [0.717, 1.165) is 11.1 Å². The number of nitrogens with zero attached hydrogens (tertiary/aromatic N) is 1. The molecule has 0 spiro atoms. The fraction of sp³-hybridized carbons (Fsp3) is 0.278. The normalized spacial score (nSPS) is 11.2. The molecule has 0 aliphatic rings. The highest BCUT2D eigenvalue weighted by Crippen LogP contribution is 2.10. The van der Waals surface area contributed by atoms with Crippen molar-refractivity contribution in [3.63, 3.8) is 0 Å². The van der Waals surface area contributed by atoms with Crippen LogP contribution in [0.3, 0.4) is 0 Å². The van der Waals surface area contributed by atoms with Gasteiger partial charge in [-0.15, -0.1) is 0 Å². The Hall–Kier alpha value is -2.18. The number of hydrogen-bond donors (Lipinski definition) is 1. The van der Waals surface area contributed by atoms with Crippen LogP contribution >= 0.6 is 0 Å². The Morgan fingerprint density at radius 1 is 1.08 bits per heavy atom. The molecule has 6 heteroatoms. The van der Waals surface area contributed by atoms with Crippen LogP contribution in [0.15, 0.2) is 59.5 Å². The Labute approximate surface area is 143 Å². The Kier molecular flexibility index (Phi) is 6.11. The summed E-state index contributed by atoms with van der Waals surface area (Å²) in [6, 6.07) is 16.3. The topological polar surface area (TPSA) is 66.5 Å². The molecule has 0 heterocycles. The van der Waals surface area contributed by atoms with Gasteiger partial charge in [0.05, 0.1) is 4.90 Å². The van der Waals surface area contributed by atoms with Crippen LogP contribution in [0.25, 0.3) is 0 Å². The maximum absolute atomic E-state index is 12.3. The van der Waals surface area contributed by atoms with Crippen molar-refractivity contribution in [3.8, 4) is 0 Å². The van der Waals surface area contributed by atoms with Crippen molar-refractivity contribution < 1.29 is 13.2 Å². The Morgan fingerprint density at radius 2 is 1.79 bits per heavy atom. The van der Waals surface area contributed by atoms with Crippen molar-refractivity contribution in [2.24, 2.45) is 0 Å². The van der Waals surface area contributed by atoms with Gasteiger partial charge in [0.1, 0.15) is 0 Å². The third-order valence-corrected chi connectivity index (χ3v) is 5.09. The van der Waals surface area contributed by atoms with Gasteiger partial charge in [0, 0.05) is 26.6 Å². The number of aryl methyl sites for hydroxylation is 1. The molecular weight excluding hydrogens is 324 g/mol. The van der Waals surface area contributed by atoms with Crippen molar-refractivity contribution in [1.29, 1.82) is 0 Å². The van der Waals surface area contributed by atoms with E-state index in [1.807, 2.05) is 43.3 Å². The summed E-state index contributed by atoms with van der Waals surface area (Å²) in [5, 5.41) is 0. The maximum Gasteiger partial charge on any atom is 0.240 e. The van der Waals surface area contributed by atoms with Crippen molar-refractivity contribution in [2.45, 2.75) is 25.3 Å². The van der Waals surface area contributed by atoms with E-state index in [4.69, 9.17) is 0 Å². The molecule has 0 bridgehead atoms. The van der Waals surface area contributed by atoms with Crippen LogP contribution in [-0.2, 0) is 21.4 Å². The lowest BCUT2D eigenvalue weighted by atomic mass is 10.2. The predicted octanol–water partition coefficient (Wildman–Crippen LogP) is 2.32. The number of sulfonamides is 1. The number of carbonyl (C=O) groups excluding carboxylic acids is 1. The second-order valence-electron chi connectivity index (χ2n) is 5.64. The number of rotatable bonds is 7. The molecule has 0 saturated heterocycles. The Balaban J connectivity index is 1.96. The molecule has 2 rings (SSSR count). The highest BCUT2D eigenvalue weighted by atomic mass is 32.2. The van der Waals surface area contributed by atoms with Gasteiger partial charge in [-0.05, 0) is 30.2 Å². The summed E-state index contributed by atoms with van der Waals surface area (Å²) < 4.78 is 27.1. The van der Waals surface area contributed by atoms with E-state index in [2.05, 4.69) is 4.72 Å². The molecule has 5 nitrogen and oxygen atoms in total. The van der Waals surface area contributed by atoms with Crippen molar-refractivity contribution in [2.75, 3.05) is 13.1 Å². The molecule has 2 aromatic rings. The van der Waals surface area contributed by atoms with Gasteiger partial charge >= 0.3 is 0 Å². The zero-order valence-electron chi connectivity index (χ0n) is 13.9. The Bertz CT molecular complexity index is 789. The first-order chi connectivity index (χ1) is 11.4. The number of carbonyl (C=O) groups is 1. The van der Waals surface area contributed by atoms with E-state index < -0.39 is 10.0 Å². The molecule has 0 aliphatic heterocycles. The number of nitrogens with one attached hydrogen (secondary N) is 1. The van der Waals surface area contributed by atoms with Crippen molar-refractivity contribution in [1.82, 2.24) is 9.62 Å². The van der Waals surface area contributed by atoms with Gasteiger partial charge in [-0.3, -0.25) is 4.79 Å². The molecule has 24 heavy (non-hydrogen) atoms. The van der Waals surface area contributed by atoms with Gasteiger partial charge < -0.3 is 4.90 Å². The molecule has 2 aromatic carbocycles. The SMILES string of the molecule is CC(=O)N(CCNS(=O)(=O)c1cccc(C)c1)Cc1ccccc1. The van der Waals surface area contributed by atoms with Crippen molar-refractivity contribution in [3.05, 3.63) is 65.7 Å². The molecule has 1 N–H and O–H groups in total.